The molecule has 1 aliphatic rings. The van der Waals surface area contributed by atoms with Gasteiger partial charge in [-0.3, -0.25) is 0 Å². The molecule has 1 saturated heterocycles. The van der Waals surface area contributed by atoms with Crippen LogP contribution in [0.4, 0.5) is 0 Å². The normalized spacial score (nSPS) is 16.0. The van der Waals surface area contributed by atoms with E-state index in [1.165, 1.54) is 0 Å². The monoisotopic (exact) mass is 366 g/mol. The Morgan fingerprint density at radius 2 is 1.70 bits per heavy atom. The first kappa shape index (κ1) is 17.5. The maximum absolute atomic E-state index is 5.74. The number of hydrogen-bond acceptors (Lipinski definition) is 6. The first-order chi connectivity index (χ1) is 13.3. The molecule has 0 N–H and O–H groups in total. The smallest absolute Gasteiger partial charge is 0.237 e. The predicted octanol–water partition coefficient (Wildman–Crippen LogP) is 3.75. The van der Waals surface area contributed by atoms with Crippen molar-refractivity contribution in [2.75, 3.05) is 20.3 Å². The second kappa shape index (κ2) is 7.80. The lowest BCUT2D eigenvalue weighted by Crippen LogP contribution is -2.35. The number of rotatable bonds is 6. The third kappa shape index (κ3) is 3.66. The molecule has 2 aromatic carbocycles. The van der Waals surface area contributed by atoms with Crippen molar-refractivity contribution in [2.24, 2.45) is 0 Å². The number of methoxy groups -OCH3 is 1. The lowest BCUT2D eigenvalue weighted by molar-refractivity contribution is 0.0523. The first-order valence-corrected chi connectivity index (χ1v) is 9.03. The van der Waals surface area contributed by atoms with Gasteiger partial charge in [-0.05, 0) is 42.7 Å². The van der Waals surface area contributed by atoms with Gasteiger partial charge >= 0.3 is 0 Å². The van der Waals surface area contributed by atoms with Gasteiger partial charge in [0.2, 0.25) is 11.7 Å². The van der Waals surface area contributed by atoms with Gasteiger partial charge in [-0.1, -0.05) is 35.5 Å². The van der Waals surface area contributed by atoms with Gasteiger partial charge in [0.05, 0.1) is 12.5 Å². The Hall–Kier alpha value is -2.86. The summed E-state index contributed by atoms with van der Waals surface area (Å²) in [5, 5.41) is 4.13. The Morgan fingerprint density at radius 1 is 0.963 bits per heavy atom. The summed E-state index contributed by atoms with van der Waals surface area (Å²) in [6.45, 7) is 1.58. The van der Waals surface area contributed by atoms with Gasteiger partial charge in [-0.15, -0.1) is 0 Å². The maximum atomic E-state index is 5.74. The van der Waals surface area contributed by atoms with E-state index < -0.39 is 0 Å². The third-order valence-corrected chi connectivity index (χ3v) is 4.98. The Labute approximate surface area is 158 Å². The molecule has 0 amide bonds. The van der Waals surface area contributed by atoms with Crippen molar-refractivity contribution in [3.05, 3.63) is 71.9 Å². The molecule has 3 aromatic rings. The van der Waals surface area contributed by atoms with Gasteiger partial charge in [0.25, 0.3) is 0 Å². The standard InChI is InChI=1S/C21H22N2O4/c1-24-17-9-7-16(8-10-17)21(11-13-25-14-12-21)20-22-19(23-27-20)15-26-18-5-3-2-4-6-18/h2-10H,11-15H2,1H3. The highest BCUT2D eigenvalue weighted by molar-refractivity contribution is 5.37. The minimum absolute atomic E-state index is 0.267. The largest absolute Gasteiger partial charge is 0.497 e. The minimum Gasteiger partial charge on any atom is -0.497 e. The molecule has 1 fully saturated rings. The Kier molecular flexibility index (Phi) is 5.07. The summed E-state index contributed by atoms with van der Waals surface area (Å²) in [5.41, 5.74) is 0.786. The SMILES string of the molecule is COc1ccc(C2(c3nc(COc4ccccc4)no3)CCOCC2)cc1. The van der Waals surface area contributed by atoms with Gasteiger partial charge in [-0.25, -0.2) is 0 Å². The fourth-order valence-corrected chi connectivity index (χ4v) is 3.43. The average molecular weight is 366 g/mol. The molecule has 6 heteroatoms. The lowest BCUT2D eigenvalue weighted by Gasteiger charge is -2.34. The molecule has 0 spiro atoms. The summed E-state index contributed by atoms with van der Waals surface area (Å²) in [7, 11) is 1.66. The van der Waals surface area contributed by atoms with Crippen molar-refractivity contribution in [3.63, 3.8) is 0 Å². The highest BCUT2D eigenvalue weighted by atomic mass is 16.5. The summed E-state index contributed by atoms with van der Waals surface area (Å²) >= 11 is 0. The topological polar surface area (TPSA) is 66.6 Å². The molecule has 27 heavy (non-hydrogen) atoms. The lowest BCUT2D eigenvalue weighted by atomic mass is 9.74. The molecule has 140 valence electrons. The van der Waals surface area contributed by atoms with Crippen LogP contribution in [0.2, 0.25) is 0 Å². The molecule has 0 aliphatic carbocycles. The van der Waals surface area contributed by atoms with Crippen LogP contribution in [-0.4, -0.2) is 30.5 Å². The van der Waals surface area contributed by atoms with Crippen LogP contribution < -0.4 is 9.47 Å². The summed E-state index contributed by atoms with van der Waals surface area (Å²) in [6.07, 6.45) is 1.58. The zero-order valence-corrected chi connectivity index (χ0v) is 15.3. The molecule has 2 heterocycles. The van der Waals surface area contributed by atoms with Crippen molar-refractivity contribution >= 4 is 0 Å². The zero-order valence-electron chi connectivity index (χ0n) is 15.3. The van der Waals surface area contributed by atoms with Crippen molar-refractivity contribution in [1.82, 2.24) is 10.1 Å². The van der Waals surface area contributed by atoms with Crippen LogP contribution in [0, 0.1) is 0 Å². The van der Waals surface area contributed by atoms with Crippen LogP contribution in [0.5, 0.6) is 11.5 Å². The van der Waals surface area contributed by atoms with Crippen LogP contribution in [0.15, 0.2) is 59.1 Å². The van der Waals surface area contributed by atoms with E-state index in [1.807, 2.05) is 42.5 Å². The molecular formula is C21H22N2O4. The number of para-hydroxylation sites is 1. The minimum atomic E-state index is -0.345. The van der Waals surface area contributed by atoms with Crippen LogP contribution in [-0.2, 0) is 16.8 Å². The van der Waals surface area contributed by atoms with Crippen molar-refractivity contribution in [2.45, 2.75) is 24.9 Å². The van der Waals surface area contributed by atoms with Gasteiger partial charge in [0, 0.05) is 13.2 Å². The maximum Gasteiger partial charge on any atom is 0.237 e. The number of benzene rings is 2. The molecular weight excluding hydrogens is 344 g/mol. The number of nitrogens with zero attached hydrogens (tertiary/aromatic N) is 2. The zero-order chi connectivity index (χ0) is 18.5. The summed E-state index contributed by atoms with van der Waals surface area (Å²) in [5.74, 6) is 2.75. The van der Waals surface area contributed by atoms with Crippen molar-refractivity contribution in [1.29, 1.82) is 0 Å². The van der Waals surface area contributed by atoms with Gasteiger partial charge in [-0.2, -0.15) is 4.98 Å². The quantitative estimate of drug-likeness (QED) is 0.662. The predicted molar refractivity (Wildman–Crippen MR) is 98.9 cm³/mol. The number of aromatic nitrogens is 2. The number of ether oxygens (including phenoxy) is 3. The Balaban J connectivity index is 1.58. The van der Waals surface area contributed by atoms with E-state index in [1.54, 1.807) is 7.11 Å². The van der Waals surface area contributed by atoms with Gasteiger partial charge in [0.1, 0.15) is 11.5 Å². The van der Waals surface area contributed by atoms with Crippen LogP contribution in [0.25, 0.3) is 0 Å². The third-order valence-electron chi connectivity index (χ3n) is 4.98. The first-order valence-electron chi connectivity index (χ1n) is 9.03. The van der Waals surface area contributed by atoms with Gasteiger partial charge in [0.15, 0.2) is 6.61 Å². The van der Waals surface area contributed by atoms with Crippen molar-refractivity contribution in [3.8, 4) is 11.5 Å². The Bertz CT molecular complexity index is 855. The molecule has 0 atom stereocenters. The highest BCUT2D eigenvalue weighted by Gasteiger charge is 2.41. The van der Waals surface area contributed by atoms with E-state index in [2.05, 4.69) is 22.3 Å². The Morgan fingerprint density at radius 3 is 2.41 bits per heavy atom. The van der Waals surface area contributed by atoms with E-state index in [0.29, 0.717) is 24.9 Å². The van der Waals surface area contributed by atoms with Crippen molar-refractivity contribution < 1.29 is 18.7 Å². The molecule has 4 rings (SSSR count). The van der Waals surface area contributed by atoms with E-state index in [0.717, 1.165) is 29.9 Å². The van der Waals surface area contributed by atoms with E-state index in [9.17, 15) is 0 Å². The summed E-state index contributed by atoms with van der Waals surface area (Å²) < 4.78 is 22.3. The fourth-order valence-electron chi connectivity index (χ4n) is 3.43. The average Bonchev–Trinajstić information content (AvgIpc) is 3.23. The summed E-state index contributed by atoms with van der Waals surface area (Å²) in [4.78, 5) is 4.65. The van der Waals surface area contributed by atoms with Crippen LogP contribution in [0.3, 0.4) is 0 Å². The second-order valence-electron chi connectivity index (χ2n) is 6.54. The molecule has 1 aliphatic heterocycles. The fraction of sp³-hybridized carbons (Fsp3) is 0.333. The highest BCUT2D eigenvalue weighted by Crippen LogP contribution is 2.40. The van der Waals surface area contributed by atoms with Gasteiger partial charge < -0.3 is 18.7 Å². The van der Waals surface area contributed by atoms with E-state index in [4.69, 9.17) is 18.7 Å². The van der Waals surface area contributed by atoms with Crippen LogP contribution in [0.1, 0.15) is 30.1 Å². The van der Waals surface area contributed by atoms with Crippen LogP contribution >= 0.6 is 0 Å². The molecule has 1 aromatic heterocycles. The molecule has 0 bridgehead atoms. The second-order valence-corrected chi connectivity index (χ2v) is 6.54. The van der Waals surface area contributed by atoms with E-state index >= 15 is 0 Å². The van der Waals surface area contributed by atoms with E-state index in [-0.39, 0.29) is 12.0 Å². The number of hydrogen-bond donors (Lipinski definition) is 0. The molecule has 0 radical (unpaired) electrons. The molecule has 6 nitrogen and oxygen atoms in total. The molecule has 0 unspecified atom stereocenters. The molecule has 0 saturated carbocycles. The summed E-state index contributed by atoms with van der Waals surface area (Å²) in [6, 6.07) is 17.7.